The molecule has 5 heteroatoms. The highest BCUT2D eigenvalue weighted by Gasteiger charge is 2.18. The van der Waals surface area contributed by atoms with Gasteiger partial charge in [0.25, 0.3) is 0 Å². The molecule has 3 nitrogen and oxygen atoms in total. The third kappa shape index (κ3) is 2.17. The predicted molar refractivity (Wildman–Crippen MR) is 82.4 cm³/mol. The van der Waals surface area contributed by atoms with Crippen LogP contribution in [0.4, 0.5) is 0 Å². The maximum absolute atomic E-state index is 6.22. The van der Waals surface area contributed by atoms with Gasteiger partial charge in [0.15, 0.2) is 0 Å². The second-order valence-corrected chi connectivity index (χ2v) is 5.24. The summed E-state index contributed by atoms with van der Waals surface area (Å²) in [6, 6.07) is 11.7. The van der Waals surface area contributed by atoms with Crippen molar-refractivity contribution >= 4 is 34.2 Å². The molecule has 1 aromatic carbocycles. The second-order valence-electron chi connectivity index (χ2n) is 4.57. The zero-order chi connectivity index (χ0) is 14.1. The molecule has 2 aromatic heterocycles. The maximum Gasteiger partial charge on any atom is 0.125 e. The minimum absolute atomic E-state index is 0.0495. The van der Waals surface area contributed by atoms with Crippen molar-refractivity contribution in [3.63, 3.8) is 0 Å². The van der Waals surface area contributed by atoms with Crippen LogP contribution >= 0.6 is 23.2 Å². The standard InChI is InChI=1S/C15H13Cl2N3/c1-10(12-6-2-3-8-18-12)20-13-7-4-5-11(17)15(13)19-14(20)9-16/h2-8,10H,9H2,1H3. The van der Waals surface area contributed by atoms with Crippen molar-refractivity contribution in [1.82, 2.24) is 14.5 Å². The highest BCUT2D eigenvalue weighted by molar-refractivity contribution is 6.35. The molecule has 0 saturated heterocycles. The van der Waals surface area contributed by atoms with Gasteiger partial charge in [-0.1, -0.05) is 23.7 Å². The van der Waals surface area contributed by atoms with Crippen molar-refractivity contribution in [3.8, 4) is 0 Å². The van der Waals surface area contributed by atoms with Crippen molar-refractivity contribution in [2.45, 2.75) is 18.8 Å². The van der Waals surface area contributed by atoms with Gasteiger partial charge in [0.1, 0.15) is 11.3 Å². The SMILES string of the molecule is CC(c1ccccn1)n1c(CCl)nc2c(Cl)cccc21. The monoisotopic (exact) mass is 305 g/mol. The molecule has 0 radical (unpaired) electrons. The first-order valence-corrected chi connectivity index (χ1v) is 7.26. The van der Waals surface area contributed by atoms with Crippen LogP contribution < -0.4 is 0 Å². The summed E-state index contributed by atoms with van der Waals surface area (Å²) >= 11 is 12.3. The van der Waals surface area contributed by atoms with Crippen LogP contribution in [0.3, 0.4) is 0 Å². The number of rotatable bonds is 3. The highest BCUT2D eigenvalue weighted by Crippen LogP contribution is 2.29. The van der Waals surface area contributed by atoms with E-state index in [-0.39, 0.29) is 6.04 Å². The van der Waals surface area contributed by atoms with Crippen molar-refractivity contribution < 1.29 is 0 Å². The van der Waals surface area contributed by atoms with Gasteiger partial charge in [0, 0.05) is 6.20 Å². The molecule has 0 spiro atoms. The van der Waals surface area contributed by atoms with E-state index < -0.39 is 0 Å². The Labute approximate surface area is 127 Å². The molecule has 1 unspecified atom stereocenters. The second kappa shape index (κ2) is 5.43. The van der Waals surface area contributed by atoms with E-state index in [1.54, 1.807) is 6.20 Å². The molecule has 0 aliphatic carbocycles. The molecule has 0 bridgehead atoms. The van der Waals surface area contributed by atoms with Crippen LogP contribution in [0.2, 0.25) is 5.02 Å². The summed E-state index contributed by atoms with van der Waals surface area (Å²) in [6.45, 7) is 2.08. The topological polar surface area (TPSA) is 30.7 Å². The number of pyridine rings is 1. The molecule has 0 N–H and O–H groups in total. The fraction of sp³-hybridized carbons (Fsp3) is 0.200. The fourth-order valence-electron chi connectivity index (χ4n) is 2.41. The molecule has 0 aliphatic rings. The van der Waals surface area contributed by atoms with Crippen LogP contribution in [-0.2, 0) is 5.88 Å². The number of alkyl halides is 1. The molecule has 102 valence electrons. The van der Waals surface area contributed by atoms with E-state index in [0.29, 0.717) is 10.9 Å². The average molecular weight is 306 g/mol. The molecule has 0 fully saturated rings. The van der Waals surface area contributed by atoms with Crippen molar-refractivity contribution in [1.29, 1.82) is 0 Å². The third-order valence-corrected chi connectivity index (χ3v) is 3.91. The molecule has 20 heavy (non-hydrogen) atoms. The summed E-state index contributed by atoms with van der Waals surface area (Å²) in [5.74, 6) is 1.13. The smallest absolute Gasteiger partial charge is 0.125 e. The maximum atomic E-state index is 6.22. The van der Waals surface area contributed by atoms with Gasteiger partial charge in [0.2, 0.25) is 0 Å². The number of halogens is 2. The third-order valence-electron chi connectivity index (χ3n) is 3.37. The van der Waals surface area contributed by atoms with Gasteiger partial charge in [-0.3, -0.25) is 4.98 Å². The Hall–Kier alpha value is -1.58. The number of nitrogens with zero attached hydrogens (tertiary/aromatic N) is 3. The van der Waals surface area contributed by atoms with Crippen LogP contribution in [0.25, 0.3) is 11.0 Å². The molecular weight excluding hydrogens is 293 g/mol. The quantitative estimate of drug-likeness (QED) is 0.670. The number of hydrogen-bond donors (Lipinski definition) is 0. The van der Waals surface area contributed by atoms with E-state index in [1.165, 1.54) is 0 Å². The summed E-state index contributed by atoms with van der Waals surface area (Å²) in [6.07, 6.45) is 1.79. The van der Waals surface area contributed by atoms with Crippen LogP contribution in [0.1, 0.15) is 24.5 Å². The van der Waals surface area contributed by atoms with Crippen LogP contribution in [0.5, 0.6) is 0 Å². The Morgan fingerprint density at radius 3 is 2.75 bits per heavy atom. The fourth-order valence-corrected chi connectivity index (χ4v) is 2.81. The summed E-state index contributed by atoms with van der Waals surface area (Å²) in [7, 11) is 0. The van der Waals surface area contributed by atoms with Gasteiger partial charge in [-0.15, -0.1) is 11.6 Å². The van der Waals surface area contributed by atoms with E-state index in [9.17, 15) is 0 Å². The largest absolute Gasteiger partial charge is 0.318 e. The molecule has 1 atom stereocenters. The molecular formula is C15H13Cl2N3. The predicted octanol–water partition coefficient (Wildman–Crippen LogP) is 4.43. The number of fused-ring (bicyclic) bond motifs is 1. The number of aromatic nitrogens is 3. The van der Waals surface area contributed by atoms with Gasteiger partial charge >= 0.3 is 0 Å². The molecule has 0 saturated carbocycles. The minimum Gasteiger partial charge on any atom is -0.318 e. The number of para-hydroxylation sites is 1. The first kappa shape index (κ1) is 13.4. The summed E-state index contributed by atoms with van der Waals surface area (Å²) in [4.78, 5) is 8.96. The van der Waals surface area contributed by atoms with E-state index in [1.807, 2.05) is 36.4 Å². The zero-order valence-electron chi connectivity index (χ0n) is 10.9. The van der Waals surface area contributed by atoms with Crippen LogP contribution in [-0.4, -0.2) is 14.5 Å². The Morgan fingerprint density at radius 1 is 1.20 bits per heavy atom. The summed E-state index contributed by atoms with van der Waals surface area (Å²) < 4.78 is 2.09. The normalized spacial score (nSPS) is 12.8. The van der Waals surface area contributed by atoms with Gasteiger partial charge in [-0.2, -0.15) is 0 Å². The highest BCUT2D eigenvalue weighted by atomic mass is 35.5. The minimum atomic E-state index is 0.0495. The van der Waals surface area contributed by atoms with Crippen LogP contribution in [0, 0.1) is 0 Å². The van der Waals surface area contributed by atoms with Crippen LogP contribution in [0.15, 0.2) is 42.6 Å². The van der Waals surface area contributed by atoms with Crippen molar-refractivity contribution in [2.24, 2.45) is 0 Å². The lowest BCUT2D eigenvalue weighted by Gasteiger charge is -2.16. The lowest BCUT2D eigenvalue weighted by molar-refractivity contribution is 0.616. The Balaban J connectivity index is 2.22. The van der Waals surface area contributed by atoms with Gasteiger partial charge in [-0.25, -0.2) is 4.98 Å². The molecule has 3 rings (SSSR count). The van der Waals surface area contributed by atoms with E-state index >= 15 is 0 Å². The van der Waals surface area contributed by atoms with E-state index in [2.05, 4.69) is 21.5 Å². The Morgan fingerprint density at radius 2 is 2.05 bits per heavy atom. The summed E-state index contributed by atoms with van der Waals surface area (Å²) in [5.41, 5.74) is 2.73. The Bertz CT molecular complexity index is 737. The van der Waals surface area contributed by atoms with E-state index in [4.69, 9.17) is 23.2 Å². The average Bonchev–Trinajstić information content (AvgIpc) is 2.87. The molecule has 2 heterocycles. The van der Waals surface area contributed by atoms with Gasteiger partial charge < -0.3 is 4.57 Å². The van der Waals surface area contributed by atoms with Crippen molar-refractivity contribution in [2.75, 3.05) is 0 Å². The molecule has 0 aliphatic heterocycles. The van der Waals surface area contributed by atoms with E-state index in [0.717, 1.165) is 22.6 Å². The van der Waals surface area contributed by atoms with Crippen molar-refractivity contribution in [3.05, 3.63) is 59.1 Å². The molecule has 3 aromatic rings. The first-order valence-electron chi connectivity index (χ1n) is 6.34. The molecule has 0 amide bonds. The number of benzene rings is 1. The lowest BCUT2D eigenvalue weighted by Crippen LogP contribution is -2.11. The first-order chi connectivity index (χ1) is 9.72. The zero-order valence-corrected chi connectivity index (χ0v) is 12.4. The summed E-state index contributed by atoms with van der Waals surface area (Å²) in [5, 5.41) is 0.640. The lowest BCUT2D eigenvalue weighted by atomic mass is 10.2. The van der Waals surface area contributed by atoms with Gasteiger partial charge in [-0.05, 0) is 31.2 Å². The Kier molecular flexibility index (Phi) is 3.64. The van der Waals surface area contributed by atoms with Gasteiger partial charge in [0.05, 0.1) is 28.2 Å². The number of imidazole rings is 1. The number of hydrogen-bond acceptors (Lipinski definition) is 2.